The Labute approximate surface area is 138 Å². The van der Waals surface area contributed by atoms with Gasteiger partial charge in [0, 0.05) is 22.4 Å². The van der Waals surface area contributed by atoms with Crippen LogP contribution in [0.2, 0.25) is 5.02 Å². The number of aromatic nitrogens is 2. The lowest BCUT2D eigenvalue weighted by atomic mass is 10.2. The fourth-order valence-electron chi connectivity index (χ4n) is 2.64. The van der Waals surface area contributed by atoms with Crippen LogP contribution in [-0.2, 0) is 6.42 Å². The molecule has 21 heavy (non-hydrogen) atoms. The van der Waals surface area contributed by atoms with Crippen molar-refractivity contribution in [3.05, 3.63) is 51.4 Å². The molecule has 1 aromatic carbocycles. The molecular weight excluding hydrogens is 323 g/mol. The van der Waals surface area contributed by atoms with E-state index in [4.69, 9.17) is 23.2 Å². The molecule has 2 nitrogen and oxygen atoms in total. The molecular formula is C16H16Cl2N2S. The Kier molecular flexibility index (Phi) is 4.25. The fourth-order valence-corrected chi connectivity index (χ4v) is 3.79. The number of hydrogen-bond acceptors (Lipinski definition) is 2. The Hall–Kier alpha value is -1.03. The molecule has 2 aromatic heterocycles. The number of alkyl halides is 1. The van der Waals surface area contributed by atoms with Gasteiger partial charge in [-0.1, -0.05) is 17.7 Å². The van der Waals surface area contributed by atoms with Crippen LogP contribution in [0, 0.1) is 0 Å². The molecule has 0 spiro atoms. The largest absolute Gasteiger partial charge is 0.323 e. The van der Waals surface area contributed by atoms with Crippen LogP contribution in [0.1, 0.15) is 36.0 Å². The highest BCUT2D eigenvalue weighted by Crippen LogP contribution is 2.31. The highest BCUT2D eigenvalue weighted by molar-refractivity contribution is 7.09. The van der Waals surface area contributed by atoms with Crippen molar-refractivity contribution in [3.63, 3.8) is 0 Å². The minimum absolute atomic E-state index is 0.137. The molecule has 110 valence electrons. The molecule has 0 aliphatic carbocycles. The first-order chi connectivity index (χ1) is 10.1. The summed E-state index contributed by atoms with van der Waals surface area (Å²) in [5, 5.41) is 2.69. The van der Waals surface area contributed by atoms with E-state index in [9.17, 15) is 0 Å². The van der Waals surface area contributed by atoms with Gasteiger partial charge in [-0.15, -0.1) is 22.9 Å². The van der Waals surface area contributed by atoms with Crippen LogP contribution in [0.25, 0.3) is 11.0 Å². The number of imidazole rings is 1. The zero-order valence-electron chi connectivity index (χ0n) is 11.9. The number of hydrogen-bond donors (Lipinski definition) is 0. The molecule has 2 atom stereocenters. The monoisotopic (exact) mass is 338 g/mol. The Morgan fingerprint density at radius 3 is 2.76 bits per heavy atom. The molecule has 0 amide bonds. The molecule has 0 saturated carbocycles. The van der Waals surface area contributed by atoms with Crippen LogP contribution < -0.4 is 0 Å². The van der Waals surface area contributed by atoms with E-state index < -0.39 is 0 Å². The van der Waals surface area contributed by atoms with Gasteiger partial charge in [0.25, 0.3) is 0 Å². The lowest BCUT2D eigenvalue weighted by molar-refractivity contribution is 0.538. The molecule has 0 aliphatic heterocycles. The van der Waals surface area contributed by atoms with Crippen molar-refractivity contribution in [2.45, 2.75) is 31.7 Å². The first-order valence-corrected chi connectivity index (χ1v) is 8.59. The van der Waals surface area contributed by atoms with Crippen LogP contribution in [0.3, 0.4) is 0 Å². The van der Waals surface area contributed by atoms with Gasteiger partial charge in [0.05, 0.1) is 16.4 Å². The topological polar surface area (TPSA) is 17.8 Å². The summed E-state index contributed by atoms with van der Waals surface area (Å²) in [6.45, 7) is 4.16. The predicted octanol–water partition coefficient (Wildman–Crippen LogP) is 5.85. The third-order valence-electron chi connectivity index (χ3n) is 3.55. The van der Waals surface area contributed by atoms with E-state index in [1.807, 2.05) is 25.1 Å². The zero-order valence-corrected chi connectivity index (χ0v) is 14.2. The maximum atomic E-state index is 6.33. The lowest BCUT2D eigenvalue weighted by Gasteiger charge is -2.18. The van der Waals surface area contributed by atoms with Crippen molar-refractivity contribution >= 4 is 45.6 Å². The number of thiophene rings is 1. The molecule has 3 aromatic rings. The lowest BCUT2D eigenvalue weighted by Crippen LogP contribution is -2.12. The first-order valence-electron chi connectivity index (χ1n) is 6.90. The Balaban J connectivity index is 2.09. The average Bonchev–Trinajstić information content (AvgIpc) is 3.04. The van der Waals surface area contributed by atoms with Gasteiger partial charge in [0.15, 0.2) is 0 Å². The van der Waals surface area contributed by atoms with Gasteiger partial charge < -0.3 is 4.57 Å². The Morgan fingerprint density at radius 1 is 1.29 bits per heavy atom. The van der Waals surface area contributed by atoms with E-state index in [1.165, 1.54) is 4.88 Å². The molecule has 0 saturated heterocycles. The van der Waals surface area contributed by atoms with Crippen molar-refractivity contribution in [1.82, 2.24) is 9.55 Å². The molecule has 5 heteroatoms. The zero-order chi connectivity index (χ0) is 15.0. The van der Waals surface area contributed by atoms with Gasteiger partial charge in [0.1, 0.15) is 5.82 Å². The number of fused-ring (bicyclic) bond motifs is 1. The molecule has 2 heterocycles. The minimum Gasteiger partial charge on any atom is -0.323 e. The molecule has 0 radical (unpaired) electrons. The van der Waals surface area contributed by atoms with Crippen molar-refractivity contribution in [2.24, 2.45) is 0 Å². The van der Waals surface area contributed by atoms with Crippen LogP contribution in [-0.4, -0.2) is 9.55 Å². The second kappa shape index (κ2) is 5.99. The summed E-state index contributed by atoms with van der Waals surface area (Å²) in [6.07, 6.45) is 0.965. The smallest absolute Gasteiger partial charge is 0.127 e. The second-order valence-corrected chi connectivity index (χ2v) is 7.34. The van der Waals surface area contributed by atoms with E-state index >= 15 is 0 Å². The fraction of sp³-hybridized carbons (Fsp3) is 0.312. The van der Waals surface area contributed by atoms with Crippen LogP contribution >= 0.6 is 34.5 Å². The predicted molar refractivity (Wildman–Crippen MR) is 91.7 cm³/mol. The normalized spacial score (nSPS) is 14.5. The van der Waals surface area contributed by atoms with Crippen LogP contribution in [0.15, 0.2) is 35.7 Å². The van der Waals surface area contributed by atoms with Gasteiger partial charge in [-0.2, -0.15) is 0 Å². The highest BCUT2D eigenvalue weighted by atomic mass is 35.5. The number of rotatable bonds is 4. The molecule has 0 bridgehead atoms. The molecule has 3 rings (SSSR count). The summed E-state index contributed by atoms with van der Waals surface area (Å²) < 4.78 is 2.22. The van der Waals surface area contributed by atoms with E-state index in [0.717, 1.165) is 28.3 Å². The Morgan fingerprint density at radius 2 is 2.10 bits per heavy atom. The van der Waals surface area contributed by atoms with Gasteiger partial charge >= 0.3 is 0 Å². The average molecular weight is 339 g/mol. The summed E-state index contributed by atoms with van der Waals surface area (Å²) in [7, 11) is 0. The van der Waals surface area contributed by atoms with Crippen molar-refractivity contribution in [2.75, 3.05) is 0 Å². The molecule has 2 unspecified atom stereocenters. The van der Waals surface area contributed by atoms with E-state index in [2.05, 4.69) is 34.0 Å². The maximum Gasteiger partial charge on any atom is 0.127 e. The molecule has 0 aliphatic rings. The third kappa shape index (κ3) is 2.96. The van der Waals surface area contributed by atoms with Gasteiger partial charge in [-0.05, 0) is 43.5 Å². The van der Waals surface area contributed by atoms with Crippen LogP contribution in [0.4, 0.5) is 0 Å². The molecule has 0 fully saturated rings. The van der Waals surface area contributed by atoms with Crippen LogP contribution in [0.5, 0.6) is 0 Å². The second-order valence-electron chi connectivity index (χ2n) is 5.22. The Bertz CT molecular complexity index is 747. The minimum atomic E-state index is -0.137. The highest BCUT2D eigenvalue weighted by Gasteiger charge is 2.19. The van der Waals surface area contributed by atoms with Crippen molar-refractivity contribution < 1.29 is 0 Å². The first kappa shape index (κ1) is 14.9. The van der Waals surface area contributed by atoms with E-state index in [0.29, 0.717) is 0 Å². The van der Waals surface area contributed by atoms with Crippen molar-refractivity contribution in [1.29, 1.82) is 0 Å². The van der Waals surface area contributed by atoms with Crippen molar-refractivity contribution in [3.8, 4) is 0 Å². The summed E-state index contributed by atoms with van der Waals surface area (Å²) in [6, 6.07) is 10.3. The quantitative estimate of drug-likeness (QED) is 0.545. The third-order valence-corrected chi connectivity index (χ3v) is 4.88. The summed E-state index contributed by atoms with van der Waals surface area (Å²) in [4.78, 5) is 6.04. The maximum absolute atomic E-state index is 6.33. The molecule has 0 N–H and O–H groups in total. The standard InChI is InChI=1S/C16H16Cl2N2S/c1-10(8-13-4-3-7-21-13)20-15-9-12(18)5-6-14(15)19-16(20)11(2)17/h3-7,9-11H,8H2,1-2H3. The van der Waals surface area contributed by atoms with Gasteiger partial charge in [-0.25, -0.2) is 4.98 Å². The summed E-state index contributed by atoms with van der Waals surface area (Å²) >= 11 is 14.3. The van der Waals surface area contributed by atoms with Gasteiger partial charge in [-0.3, -0.25) is 0 Å². The number of benzene rings is 1. The number of halogens is 2. The van der Waals surface area contributed by atoms with Gasteiger partial charge in [0.2, 0.25) is 0 Å². The SMILES string of the molecule is CC(Cl)c1nc2ccc(Cl)cc2n1C(C)Cc1cccs1. The number of nitrogens with zero attached hydrogens (tertiary/aromatic N) is 2. The summed E-state index contributed by atoms with van der Waals surface area (Å²) in [5.41, 5.74) is 1.99. The van der Waals surface area contributed by atoms with E-state index in [-0.39, 0.29) is 11.4 Å². The summed E-state index contributed by atoms with van der Waals surface area (Å²) in [5.74, 6) is 0.901. The van der Waals surface area contributed by atoms with E-state index in [1.54, 1.807) is 11.3 Å².